The number of aromatic nitrogens is 2. The normalized spacial score (nSPS) is 8.11. The fourth-order valence-electron chi connectivity index (χ4n) is 0.454. The summed E-state index contributed by atoms with van der Waals surface area (Å²) >= 11 is 5.31. The standard InChI is InChI=1S/C6H5ClN2/c7-4-1-2-6-3-5-8-9-6/h3,5H,4H2,(H,8,9). The average molecular weight is 141 g/mol. The number of hydrogen-bond donors (Lipinski definition) is 1. The number of aromatic amines is 1. The highest BCUT2D eigenvalue weighted by Gasteiger charge is 1.80. The van der Waals surface area contributed by atoms with Crippen molar-refractivity contribution in [3.63, 3.8) is 0 Å². The Kier molecular flexibility index (Phi) is 2.17. The van der Waals surface area contributed by atoms with E-state index in [1.54, 1.807) is 12.3 Å². The quantitative estimate of drug-likeness (QED) is 0.423. The van der Waals surface area contributed by atoms with Crippen LogP contribution >= 0.6 is 11.6 Å². The zero-order chi connectivity index (χ0) is 6.53. The summed E-state index contributed by atoms with van der Waals surface area (Å²) in [6.45, 7) is 0. The maximum Gasteiger partial charge on any atom is 0.107 e. The summed E-state index contributed by atoms with van der Waals surface area (Å²) in [5.74, 6) is 5.83. The number of rotatable bonds is 0. The van der Waals surface area contributed by atoms with Gasteiger partial charge in [-0.15, -0.1) is 11.6 Å². The van der Waals surface area contributed by atoms with Crippen LogP contribution in [-0.2, 0) is 0 Å². The molecule has 1 N–H and O–H groups in total. The van der Waals surface area contributed by atoms with Gasteiger partial charge in [-0.25, -0.2) is 0 Å². The number of alkyl halides is 1. The van der Waals surface area contributed by atoms with Crippen LogP contribution in [0.25, 0.3) is 0 Å². The third-order valence-electron chi connectivity index (χ3n) is 0.791. The van der Waals surface area contributed by atoms with Gasteiger partial charge in [-0.3, -0.25) is 5.10 Å². The van der Waals surface area contributed by atoms with E-state index in [0.717, 1.165) is 5.69 Å². The average Bonchev–Trinajstić information content (AvgIpc) is 2.34. The van der Waals surface area contributed by atoms with E-state index in [4.69, 9.17) is 11.6 Å². The molecule has 0 amide bonds. The molecule has 0 aliphatic heterocycles. The molecular formula is C6H5ClN2. The SMILES string of the molecule is ClCC#Cc1ccn[nH]1. The second-order valence-corrected chi connectivity index (χ2v) is 1.67. The van der Waals surface area contributed by atoms with Gasteiger partial charge in [0.1, 0.15) is 5.69 Å². The molecule has 3 heteroatoms. The lowest BCUT2D eigenvalue weighted by Gasteiger charge is -1.72. The van der Waals surface area contributed by atoms with E-state index in [0.29, 0.717) is 5.88 Å². The van der Waals surface area contributed by atoms with Crippen molar-refractivity contribution >= 4 is 11.6 Å². The molecule has 0 saturated heterocycles. The van der Waals surface area contributed by atoms with Crippen LogP contribution < -0.4 is 0 Å². The first kappa shape index (κ1) is 6.18. The topological polar surface area (TPSA) is 28.7 Å². The lowest BCUT2D eigenvalue weighted by atomic mass is 10.4. The molecule has 0 saturated carbocycles. The van der Waals surface area contributed by atoms with Gasteiger partial charge in [0.25, 0.3) is 0 Å². The Balaban J connectivity index is 2.67. The smallest absolute Gasteiger partial charge is 0.107 e. The first-order valence-electron chi connectivity index (χ1n) is 2.47. The lowest BCUT2D eigenvalue weighted by molar-refractivity contribution is 1.08. The van der Waals surface area contributed by atoms with Gasteiger partial charge < -0.3 is 0 Å². The molecule has 0 radical (unpaired) electrons. The van der Waals surface area contributed by atoms with Crippen LogP contribution in [0.4, 0.5) is 0 Å². The monoisotopic (exact) mass is 140 g/mol. The van der Waals surface area contributed by atoms with Crippen molar-refractivity contribution < 1.29 is 0 Å². The Morgan fingerprint density at radius 2 is 2.67 bits per heavy atom. The highest BCUT2D eigenvalue weighted by molar-refractivity contribution is 6.19. The van der Waals surface area contributed by atoms with Crippen LogP contribution in [0.1, 0.15) is 5.69 Å². The number of H-pyrrole nitrogens is 1. The molecule has 2 nitrogen and oxygen atoms in total. The van der Waals surface area contributed by atoms with Gasteiger partial charge >= 0.3 is 0 Å². The fourth-order valence-corrected chi connectivity index (χ4v) is 0.521. The highest BCUT2D eigenvalue weighted by atomic mass is 35.5. The second-order valence-electron chi connectivity index (χ2n) is 1.41. The van der Waals surface area contributed by atoms with Gasteiger partial charge in [-0.05, 0) is 12.0 Å². The first-order chi connectivity index (χ1) is 4.43. The van der Waals surface area contributed by atoms with Crippen LogP contribution in [0.15, 0.2) is 12.3 Å². The van der Waals surface area contributed by atoms with Gasteiger partial charge in [0.15, 0.2) is 0 Å². The summed E-state index contributed by atoms with van der Waals surface area (Å²) in [5.41, 5.74) is 0.802. The molecule has 0 unspecified atom stereocenters. The summed E-state index contributed by atoms with van der Waals surface area (Å²) < 4.78 is 0. The van der Waals surface area contributed by atoms with Crippen molar-refractivity contribution in [2.45, 2.75) is 0 Å². The molecule has 1 aromatic heterocycles. The van der Waals surface area contributed by atoms with E-state index in [1.807, 2.05) is 0 Å². The molecule has 1 aromatic rings. The Morgan fingerprint density at radius 3 is 3.22 bits per heavy atom. The minimum Gasteiger partial charge on any atom is -0.270 e. The molecule has 0 bridgehead atoms. The van der Waals surface area contributed by atoms with Crippen LogP contribution in [0.2, 0.25) is 0 Å². The molecule has 1 heterocycles. The number of nitrogens with zero attached hydrogens (tertiary/aromatic N) is 1. The molecule has 0 aliphatic carbocycles. The van der Waals surface area contributed by atoms with Crippen LogP contribution in [-0.4, -0.2) is 16.1 Å². The lowest BCUT2D eigenvalue weighted by Crippen LogP contribution is -1.72. The van der Waals surface area contributed by atoms with E-state index in [9.17, 15) is 0 Å². The predicted molar refractivity (Wildman–Crippen MR) is 36.2 cm³/mol. The van der Waals surface area contributed by atoms with Gasteiger partial charge in [-0.1, -0.05) is 5.92 Å². The fraction of sp³-hybridized carbons (Fsp3) is 0.167. The van der Waals surface area contributed by atoms with E-state index in [2.05, 4.69) is 22.0 Å². The van der Waals surface area contributed by atoms with Gasteiger partial charge in [0.05, 0.1) is 5.88 Å². The van der Waals surface area contributed by atoms with Crippen molar-refractivity contribution in [1.82, 2.24) is 10.2 Å². The maximum atomic E-state index is 5.31. The highest BCUT2D eigenvalue weighted by Crippen LogP contribution is 1.85. The first-order valence-corrected chi connectivity index (χ1v) is 3.01. The van der Waals surface area contributed by atoms with Gasteiger partial charge in [0, 0.05) is 6.20 Å². The molecular weight excluding hydrogens is 136 g/mol. The summed E-state index contributed by atoms with van der Waals surface area (Å²) in [6.07, 6.45) is 1.65. The summed E-state index contributed by atoms with van der Waals surface area (Å²) in [7, 11) is 0. The zero-order valence-corrected chi connectivity index (χ0v) is 5.44. The van der Waals surface area contributed by atoms with Crippen molar-refractivity contribution in [2.24, 2.45) is 0 Å². The second kappa shape index (κ2) is 3.16. The zero-order valence-electron chi connectivity index (χ0n) is 4.69. The predicted octanol–water partition coefficient (Wildman–Crippen LogP) is 1.000. The van der Waals surface area contributed by atoms with Crippen molar-refractivity contribution in [3.05, 3.63) is 18.0 Å². The Labute approximate surface area is 58.2 Å². The van der Waals surface area contributed by atoms with Gasteiger partial charge in [0.2, 0.25) is 0 Å². The maximum absolute atomic E-state index is 5.31. The van der Waals surface area contributed by atoms with E-state index >= 15 is 0 Å². The Morgan fingerprint density at radius 1 is 1.78 bits per heavy atom. The summed E-state index contributed by atoms with van der Waals surface area (Å²) in [5, 5.41) is 6.39. The van der Waals surface area contributed by atoms with Crippen LogP contribution in [0, 0.1) is 11.8 Å². The molecule has 46 valence electrons. The van der Waals surface area contributed by atoms with E-state index in [-0.39, 0.29) is 0 Å². The van der Waals surface area contributed by atoms with Crippen molar-refractivity contribution in [1.29, 1.82) is 0 Å². The molecule has 0 aromatic carbocycles. The van der Waals surface area contributed by atoms with Crippen molar-refractivity contribution in [3.8, 4) is 11.8 Å². The molecule has 0 spiro atoms. The molecule has 0 atom stereocenters. The van der Waals surface area contributed by atoms with Crippen molar-refractivity contribution in [2.75, 3.05) is 5.88 Å². The minimum atomic E-state index is 0.360. The number of hydrogen-bond acceptors (Lipinski definition) is 1. The summed E-state index contributed by atoms with van der Waals surface area (Å²) in [6, 6.07) is 1.79. The van der Waals surface area contributed by atoms with E-state index in [1.165, 1.54) is 0 Å². The number of nitrogens with one attached hydrogen (secondary N) is 1. The molecule has 0 fully saturated rings. The van der Waals surface area contributed by atoms with E-state index < -0.39 is 0 Å². The third kappa shape index (κ3) is 1.79. The van der Waals surface area contributed by atoms with Crippen LogP contribution in [0.3, 0.4) is 0 Å². The van der Waals surface area contributed by atoms with Gasteiger partial charge in [-0.2, -0.15) is 5.10 Å². The molecule has 9 heavy (non-hydrogen) atoms. The largest absolute Gasteiger partial charge is 0.270 e. The summed E-state index contributed by atoms with van der Waals surface area (Å²) in [4.78, 5) is 0. The number of halogens is 1. The Bertz CT molecular complexity index is 217. The third-order valence-corrected chi connectivity index (χ3v) is 0.924. The van der Waals surface area contributed by atoms with Crippen LogP contribution in [0.5, 0.6) is 0 Å². The molecule has 0 aliphatic rings. The minimum absolute atomic E-state index is 0.360. The Hall–Kier alpha value is -0.940. The molecule has 1 rings (SSSR count).